The molecule has 10 heteroatoms. The molecule has 2 saturated heterocycles. The standard InChI is InChI=1S/C28H27N7O3/c1-17-23-7-6-20(13-24(23)33(2)31-17)26-30-27(38-32-26)19-8-10-34(11-9-19)28(37)21-14-25(36)35(16-21)22-5-3-4-18(12-22)15-29/h3-7,12-13,19,21H,8-11,14,16H2,1-2H3/t21-/m1/s1. The van der Waals surface area contributed by atoms with Crippen molar-refractivity contribution in [1.82, 2.24) is 24.8 Å². The van der Waals surface area contributed by atoms with Gasteiger partial charge in [0.15, 0.2) is 0 Å². The molecule has 0 radical (unpaired) electrons. The highest BCUT2D eigenvalue weighted by molar-refractivity contribution is 6.00. The first kappa shape index (κ1) is 23.9. The van der Waals surface area contributed by atoms with E-state index in [1.165, 1.54) is 0 Å². The third kappa shape index (κ3) is 4.20. The van der Waals surface area contributed by atoms with Crippen LogP contribution in [0.25, 0.3) is 22.3 Å². The second-order valence-electron chi connectivity index (χ2n) is 10.1. The number of amides is 2. The second kappa shape index (κ2) is 9.41. The van der Waals surface area contributed by atoms with Crippen LogP contribution in [0.4, 0.5) is 5.69 Å². The van der Waals surface area contributed by atoms with Crippen LogP contribution in [0, 0.1) is 24.2 Å². The predicted octanol–water partition coefficient (Wildman–Crippen LogP) is 3.56. The first-order chi connectivity index (χ1) is 18.4. The summed E-state index contributed by atoms with van der Waals surface area (Å²) >= 11 is 0. The monoisotopic (exact) mass is 509 g/mol. The lowest BCUT2D eigenvalue weighted by Gasteiger charge is -2.32. The van der Waals surface area contributed by atoms with Crippen LogP contribution in [0.5, 0.6) is 0 Å². The molecule has 2 aliphatic heterocycles. The average molecular weight is 510 g/mol. The topological polar surface area (TPSA) is 121 Å². The molecule has 2 fully saturated rings. The smallest absolute Gasteiger partial charge is 0.230 e. The molecule has 0 unspecified atom stereocenters. The summed E-state index contributed by atoms with van der Waals surface area (Å²) < 4.78 is 7.49. The molecule has 0 aliphatic carbocycles. The molecular weight excluding hydrogens is 482 g/mol. The molecule has 1 atom stereocenters. The molecule has 38 heavy (non-hydrogen) atoms. The van der Waals surface area contributed by atoms with Crippen molar-refractivity contribution in [3.63, 3.8) is 0 Å². The molecule has 0 N–H and O–H groups in total. The van der Waals surface area contributed by atoms with E-state index in [1.807, 2.05) is 41.8 Å². The van der Waals surface area contributed by atoms with Crippen molar-refractivity contribution in [2.24, 2.45) is 13.0 Å². The van der Waals surface area contributed by atoms with Gasteiger partial charge in [0.1, 0.15) is 0 Å². The van der Waals surface area contributed by atoms with Crippen LogP contribution in [0.2, 0.25) is 0 Å². The van der Waals surface area contributed by atoms with Gasteiger partial charge >= 0.3 is 0 Å². The number of rotatable bonds is 4. The molecule has 2 aliphatic rings. The van der Waals surface area contributed by atoms with Crippen molar-refractivity contribution in [1.29, 1.82) is 5.26 Å². The molecule has 2 aromatic heterocycles. The van der Waals surface area contributed by atoms with Crippen LogP contribution >= 0.6 is 0 Å². The van der Waals surface area contributed by atoms with Crippen LogP contribution in [0.3, 0.4) is 0 Å². The molecule has 10 nitrogen and oxygen atoms in total. The summed E-state index contributed by atoms with van der Waals surface area (Å²) in [6, 6.07) is 15.1. The van der Waals surface area contributed by atoms with Crippen molar-refractivity contribution >= 4 is 28.4 Å². The van der Waals surface area contributed by atoms with Gasteiger partial charge in [-0.25, -0.2) is 0 Å². The van der Waals surface area contributed by atoms with Gasteiger partial charge in [-0.2, -0.15) is 15.3 Å². The molecule has 4 heterocycles. The number of hydrogen-bond donors (Lipinski definition) is 0. The van der Waals surface area contributed by atoms with E-state index in [1.54, 1.807) is 29.2 Å². The molecule has 6 rings (SSSR count). The summed E-state index contributed by atoms with van der Waals surface area (Å²) in [6.07, 6.45) is 1.63. The maximum Gasteiger partial charge on any atom is 0.230 e. The van der Waals surface area contributed by atoms with Gasteiger partial charge in [0.05, 0.1) is 28.8 Å². The van der Waals surface area contributed by atoms with E-state index in [9.17, 15) is 9.59 Å². The average Bonchev–Trinajstić information content (AvgIpc) is 3.66. The third-order valence-corrected chi connectivity index (χ3v) is 7.65. The molecule has 2 aromatic carbocycles. The second-order valence-corrected chi connectivity index (χ2v) is 10.1. The van der Waals surface area contributed by atoms with Gasteiger partial charge in [-0.05, 0) is 44.0 Å². The summed E-state index contributed by atoms with van der Waals surface area (Å²) in [6.45, 7) is 3.48. The molecule has 0 spiro atoms. The zero-order valence-corrected chi connectivity index (χ0v) is 21.3. The minimum absolute atomic E-state index is 0.00160. The number of anilines is 1. The molecule has 4 aromatic rings. The third-order valence-electron chi connectivity index (χ3n) is 7.65. The van der Waals surface area contributed by atoms with Crippen molar-refractivity contribution in [3.8, 4) is 17.5 Å². The van der Waals surface area contributed by atoms with Crippen molar-refractivity contribution < 1.29 is 14.1 Å². The van der Waals surface area contributed by atoms with E-state index in [2.05, 4.69) is 21.3 Å². The van der Waals surface area contributed by atoms with Gasteiger partial charge < -0.3 is 14.3 Å². The normalized spacial score (nSPS) is 18.3. The Morgan fingerprint density at radius 3 is 2.76 bits per heavy atom. The lowest BCUT2D eigenvalue weighted by molar-refractivity contribution is -0.136. The number of nitriles is 1. The van der Waals surface area contributed by atoms with Gasteiger partial charge in [0.2, 0.25) is 23.5 Å². The highest BCUT2D eigenvalue weighted by Gasteiger charge is 2.38. The maximum absolute atomic E-state index is 13.3. The van der Waals surface area contributed by atoms with Crippen LogP contribution in [-0.2, 0) is 16.6 Å². The van der Waals surface area contributed by atoms with Gasteiger partial charge in [0.25, 0.3) is 0 Å². The fraction of sp³-hybridized carbons (Fsp3) is 0.357. The minimum atomic E-state index is -0.384. The van der Waals surface area contributed by atoms with Gasteiger partial charge in [-0.1, -0.05) is 23.4 Å². The van der Waals surface area contributed by atoms with E-state index in [0.717, 1.165) is 35.0 Å². The van der Waals surface area contributed by atoms with Crippen molar-refractivity contribution in [2.75, 3.05) is 24.5 Å². The summed E-state index contributed by atoms with van der Waals surface area (Å²) in [7, 11) is 1.92. The lowest BCUT2D eigenvalue weighted by Crippen LogP contribution is -2.42. The fourth-order valence-electron chi connectivity index (χ4n) is 5.57. The molecule has 0 bridgehead atoms. The Morgan fingerprint density at radius 2 is 1.97 bits per heavy atom. The summed E-state index contributed by atoms with van der Waals surface area (Å²) in [5.41, 5.74) is 4.02. The number of nitrogens with zero attached hydrogens (tertiary/aromatic N) is 7. The van der Waals surface area contributed by atoms with Crippen molar-refractivity contribution in [2.45, 2.75) is 32.1 Å². The summed E-state index contributed by atoms with van der Waals surface area (Å²) in [5.74, 6) is 0.744. The number of carbonyl (C=O) groups is 2. The number of aromatic nitrogens is 4. The first-order valence-electron chi connectivity index (χ1n) is 12.8. The summed E-state index contributed by atoms with van der Waals surface area (Å²) in [5, 5.41) is 18.9. The number of piperidine rings is 1. The number of fused-ring (bicyclic) bond motifs is 1. The van der Waals surface area contributed by atoms with Crippen LogP contribution in [0.1, 0.15) is 42.3 Å². The number of carbonyl (C=O) groups excluding carboxylic acids is 2. The maximum atomic E-state index is 13.3. The number of aryl methyl sites for hydroxylation is 2. The Morgan fingerprint density at radius 1 is 1.16 bits per heavy atom. The van der Waals surface area contributed by atoms with Gasteiger partial charge in [-0.15, -0.1) is 0 Å². The van der Waals surface area contributed by atoms with E-state index >= 15 is 0 Å². The number of benzene rings is 2. The zero-order valence-electron chi connectivity index (χ0n) is 21.3. The van der Waals surface area contributed by atoms with Crippen molar-refractivity contribution in [3.05, 3.63) is 59.6 Å². The van der Waals surface area contributed by atoms with Crippen LogP contribution in [-0.4, -0.2) is 56.3 Å². The SMILES string of the molecule is Cc1nn(C)c2cc(-c3noc(C4CCN(C(=O)[C@@H]5CC(=O)N(c6cccc(C#N)c6)C5)CC4)n3)ccc12. The minimum Gasteiger partial charge on any atom is -0.342 e. The number of likely N-dealkylation sites (tertiary alicyclic amines) is 1. The Labute approximate surface area is 219 Å². The molecular formula is C28H27N7O3. The van der Waals surface area contributed by atoms with E-state index in [0.29, 0.717) is 42.6 Å². The Hall–Kier alpha value is -4.52. The molecule has 192 valence electrons. The highest BCUT2D eigenvalue weighted by atomic mass is 16.5. The molecule has 0 saturated carbocycles. The highest BCUT2D eigenvalue weighted by Crippen LogP contribution is 2.32. The summed E-state index contributed by atoms with van der Waals surface area (Å²) in [4.78, 5) is 34.0. The first-order valence-corrected chi connectivity index (χ1v) is 12.8. The predicted molar refractivity (Wildman–Crippen MR) is 139 cm³/mol. The quantitative estimate of drug-likeness (QED) is 0.412. The van der Waals surface area contributed by atoms with Crippen LogP contribution in [0.15, 0.2) is 47.0 Å². The largest absolute Gasteiger partial charge is 0.342 e. The van der Waals surface area contributed by atoms with Crippen LogP contribution < -0.4 is 4.90 Å². The Balaban J connectivity index is 1.09. The lowest BCUT2D eigenvalue weighted by atomic mass is 9.95. The molecule has 2 amide bonds. The van der Waals surface area contributed by atoms with Gasteiger partial charge in [-0.3, -0.25) is 14.3 Å². The Kier molecular flexibility index (Phi) is 5.91. The van der Waals surface area contributed by atoms with E-state index in [-0.39, 0.29) is 30.1 Å². The Bertz CT molecular complexity index is 1590. The van der Waals surface area contributed by atoms with E-state index < -0.39 is 0 Å². The zero-order chi connectivity index (χ0) is 26.4. The van der Waals surface area contributed by atoms with E-state index in [4.69, 9.17) is 9.78 Å². The van der Waals surface area contributed by atoms with Gasteiger partial charge in [0, 0.05) is 55.7 Å². The fourth-order valence-corrected chi connectivity index (χ4v) is 5.57. The number of hydrogen-bond acceptors (Lipinski definition) is 7.